The van der Waals surface area contributed by atoms with Gasteiger partial charge in [0, 0.05) is 6.04 Å². The summed E-state index contributed by atoms with van der Waals surface area (Å²) in [5, 5.41) is 6.50. The Labute approximate surface area is 178 Å². The first kappa shape index (κ1) is 19.7. The average molecular weight is 404 g/mol. The van der Waals surface area contributed by atoms with Crippen molar-refractivity contribution in [2.24, 2.45) is 0 Å². The SMILES string of the molecule is FC1(c2ccc(C3CCCC(NCCc4cccc5ccccc45)C3)cc2)COC1. The summed E-state index contributed by atoms with van der Waals surface area (Å²) in [5.74, 6) is 0.566. The number of hydrogen-bond acceptors (Lipinski definition) is 2. The predicted octanol–water partition coefficient (Wildman–Crippen LogP) is 5.89. The summed E-state index contributed by atoms with van der Waals surface area (Å²) >= 11 is 0. The fourth-order valence-corrected chi connectivity index (χ4v) is 5.10. The highest BCUT2D eigenvalue weighted by Crippen LogP contribution is 2.37. The molecule has 3 aromatic rings. The fraction of sp³-hybridized carbons (Fsp3) is 0.407. The van der Waals surface area contributed by atoms with Crippen LogP contribution < -0.4 is 5.32 Å². The third-order valence-corrected chi connectivity index (χ3v) is 6.94. The van der Waals surface area contributed by atoms with Gasteiger partial charge in [0.25, 0.3) is 0 Å². The molecule has 1 saturated carbocycles. The molecule has 2 nitrogen and oxygen atoms in total. The number of fused-ring (bicyclic) bond motifs is 1. The summed E-state index contributed by atoms with van der Waals surface area (Å²) in [6, 6.07) is 24.0. The van der Waals surface area contributed by atoms with Crippen LogP contribution in [0.3, 0.4) is 0 Å². The van der Waals surface area contributed by atoms with E-state index in [0.717, 1.165) is 18.5 Å². The number of hydrogen-bond donors (Lipinski definition) is 1. The molecule has 30 heavy (non-hydrogen) atoms. The monoisotopic (exact) mass is 403 g/mol. The van der Waals surface area contributed by atoms with Crippen molar-refractivity contribution < 1.29 is 9.13 Å². The van der Waals surface area contributed by atoms with Gasteiger partial charge in [-0.2, -0.15) is 0 Å². The van der Waals surface area contributed by atoms with Crippen LogP contribution in [0.2, 0.25) is 0 Å². The van der Waals surface area contributed by atoms with E-state index in [0.29, 0.717) is 12.0 Å². The lowest BCUT2D eigenvalue weighted by molar-refractivity contribution is -0.135. The van der Waals surface area contributed by atoms with Gasteiger partial charge in [-0.3, -0.25) is 0 Å². The third kappa shape index (κ3) is 4.01. The Morgan fingerprint density at radius 1 is 0.933 bits per heavy atom. The summed E-state index contributed by atoms with van der Waals surface area (Å²) in [6.07, 6.45) is 5.94. The van der Waals surface area contributed by atoms with E-state index >= 15 is 0 Å². The van der Waals surface area contributed by atoms with E-state index in [1.54, 1.807) is 0 Å². The lowest BCUT2D eigenvalue weighted by Gasteiger charge is -2.34. The average Bonchev–Trinajstić information content (AvgIpc) is 2.78. The van der Waals surface area contributed by atoms with Crippen molar-refractivity contribution in [1.82, 2.24) is 5.32 Å². The van der Waals surface area contributed by atoms with Gasteiger partial charge >= 0.3 is 0 Å². The molecule has 2 aliphatic rings. The van der Waals surface area contributed by atoms with Gasteiger partial charge in [-0.25, -0.2) is 4.39 Å². The number of rotatable bonds is 6. The van der Waals surface area contributed by atoms with Crippen LogP contribution in [0.25, 0.3) is 10.8 Å². The van der Waals surface area contributed by atoms with Gasteiger partial charge in [-0.15, -0.1) is 0 Å². The van der Waals surface area contributed by atoms with Gasteiger partial charge in [0.05, 0.1) is 13.2 Å². The van der Waals surface area contributed by atoms with Crippen LogP contribution in [-0.2, 0) is 16.8 Å². The first-order valence-corrected chi connectivity index (χ1v) is 11.3. The number of nitrogens with one attached hydrogen (secondary N) is 1. The van der Waals surface area contributed by atoms with Crippen LogP contribution in [0, 0.1) is 0 Å². The summed E-state index contributed by atoms with van der Waals surface area (Å²) in [4.78, 5) is 0. The molecule has 2 unspecified atom stereocenters. The fourth-order valence-electron chi connectivity index (χ4n) is 5.10. The Balaban J connectivity index is 1.18. The maximum absolute atomic E-state index is 14.5. The Morgan fingerprint density at radius 3 is 2.53 bits per heavy atom. The van der Waals surface area contributed by atoms with E-state index in [1.165, 1.54) is 47.6 Å². The summed E-state index contributed by atoms with van der Waals surface area (Å²) < 4.78 is 19.6. The summed E-state index contributed by atoms with van der Waals surface area (Å²) in [6.45, 7) is 1.39. The molecule has 5 rings (SSSR count). The van der Waals surface area contributed by atoms with Gasteiger partial charge in [0.2, 0.25) is 0 Å². The molecule has 0 bridgehead atoms. The van der Waals surface area contributed by atoms with E-state index < -0.39 is 5.67 Å². The number of alkyl halides is 1. The van der Waals surface area contributed by atoms with Crippen molar-refractivity contribution in [2.45, 2.75) is 49.7 Å². The zero-order chi connectivity index (χ0) is 20.4. The molecule has 1 aliphatic carbocycles. The van der Waals surface area contributed by atoms with Crippen LogP contribution >= 0.6 is 0 Å². The van der Waals surface area contributed by atoms with Crippen molar-refractivity contribution in [3.63, 3.8) is 0 Å². The first-order valence-electron chi connectivity index (χ1n) is 11.3. The molecule has 2 fully saturated rings. The van der Waals surface area contributed by atoms with Crippen LogP contribution in [-0.4, -0.2) is 25.8 Å². The maximum Gasteiger partial charge on any atom is 0.182 e. The van der Waals surface area contributed by atoms with Crippen molar-refractivity contribution >= 4 is 10.8 Å². The Bertz CT molecular complexity index is 990. The second-order valence-corrected chi connectivity index (χ2v) is 8.98. The molecule has 1 heterocycles. The smallest absolute Gasteiger partial charge is 0.182 e. The van der Waals surface area contributed by atoms with Crippen LogP contribution in [0.4, 0.5) is 4.39 Å². The molecule has 3 aromatic carbocycles. The third-order valence-electron chi connectivity index (χ3n) is 6.94. The highest BCUT2D eigenvalue weighted by Gasteiger charge is 2.40. The Hall–Kier alpha value is -2.23. The predicted molar refractivity (Wildman–Crippen MR) is 121 cm³/mol. The van der Waals surface area contributed by atoms with E-state index in [9.17, 15) is 4.39 Å². The molecule has 3 heteroatoms. The van der Waals surface area contributed by atoms with Gasteiger partial charge in [0.15, 0.2) is 5.67 Å². The zero-order valence-electron chi connectivity index (χ0n) is 17.4. The first-order chi connectivity index (χ1) is 14.7. The molecule has 0 aromatic heterocycles. The minimum absolute atomic E-state index is 0.193. The number of halogens is 1. The quantitative estimate of drug-likeness (QED) is 0.554. The zero-order valence-corrected chi connectivity index (χ0v) is 17.4. The standard InChI is InChI=1S/C27H30FNO/c28-27(18-30-19-27)24-13-11-20(12-14-24)23-8-4-9-25(17-23)29-16-15-22-7-3-6-21-5-1-2-10-26(21)22/h1-3,5-7,10-14,23,25,29H,4,8-9,15-19H2. The normalized spacial score (nSPS) is 23.2. The topological polar surface area (TPSA) is 21.3 Å². The second kappa shape index (κ2) is 8.49. The second-order valence-electron chi connectivity index (χ2n) is 8.98. The Morgan fingerprint density at radius 2 is 1.73 bits per heavy atom. The lowest BCUT2D eigenvalue weighted by Crippen LogP contribution is -2.42. The lowest BCUT2D eigenvalue weighted by atomic mass is 9.80. The van der Waals surface area contributed by atoms with Gasteiger partial charge in [-0.1, -0.05) is 73.2 Å². The van der Waals surface area contributed by atoms with E-state index in [4.69, 9.17) is 4.74 Å². The minimum Gasteiger partial charge on any atom is -0.374 e. The van der Waals surface area contributed by atoms with Gasteiger partial charge in [-0.05, 0) is 65.6 Å². The molecular formula is C27H30FNO. The van der Waals surface area contributed by atoms with Gasteiger partial charge in [0.1, 0.15) is 0 Å². The van der Waals surface area contributed by atoms with E-state index in [2.05, 4.69) is 59.9 Å². The molecular weight excluding hydrogens is 373 g/mol. The summed E-state index contributed by atoms with van der Waals surface area (Å²) in [7, 11) is 0. The molecule has 1 saturated heterocycles. The largest absolute Gasteiger partial charge is 0.374 e. The molecule has 0 spiro atoms. The molecule has 0 radical (unpaired) electrons. The number of ether oxygens (including phenoxy) is 1. The van der Waals surface area contributed by atoms with E-state index in [-0.39, 0.29) is 13.2 Å². The highest BCUT2D eigenvalue weighted by atomic mass is 19.1. The van der Waals surface area contributed by atoms with Crippen LogP contribution in [0.1, 0.15) is 48.3 Å². The van der Waals surface area contributed by atoms with Crippen molar-refractivity contribution in [2.75, 3.05) is 19.8 Å². The number of benzene rings is 3. The van der Waals surface area contributed by atoms with Crippen molar-refractivity contribution in [3.8, 4) is 0 Å². The molecule has 156 valence electrons. The summed E-state index contributed by atoms with van der Waals surface area (Å²) in [5.41, 5.74) is 2.27. The van der Waals surface area contributed by atoms with E-state index in [1.807, 2.05) is 12.1 Å². The Kier molecular flexibility index (Phi) is 5.58. The van der Waals surface area contributed by atoms with Crippen LogP contribution in [0.15, 0.2) is 66.7 Å². The van der Waals surface area contributed by atoms with Crippen LogP contribution in [0.5, 0.6) is 0 Å². The molecule has 1 N–H and O–H groups in total. The maximum atomic E-state index is 14.5. The molecule has 1 aliphatic heterocycles. The van der Waals surface area contributed by atoms with Crippen molar-refractivity contribution in [1.29, 1.82) is 0 Å². The highest BCUT2D eigenvalue weighted by molar-refractivity contribution is 5.85. The minimum atomic E-state index is -1.27. The van der Waals surface area contributed by atoms with Gasteiger partial charge < -0.3 is 10.1 Å². The molecule has 2 atom stereocenters. The molecule has 0 amide bonds. The van der Waals surface area contributed by atoms with Crippen molar-refractivity contribution in [3.05, 3.63) is 83.4 Å².